The van der Waals surface area contributed by atoms with Crippen LogP contribution in [-0.4, -0.2) is 37.8 Å². The van der Waals surface area contributed by atoms with Crippen LogP contribution < -0.4 is 4.74 Å². The molecule has 0 aliphatic rings. The smallest absolute Gasteiger partial charge is 0.140 e. The largest absolute Gasteiger partial charge is 0.490 e. The topological polar surface area (TPSA) is 46.8 Å². The van der Waals surface area contributed by atoms with Gasteiger partial charge in [-0.05, 0) is 6.92 Å². The summed E-state index contributed by atoms with van der Waals surface area (Å²) >= 11 is 0. The Morgan fingerprint density at radius 1 is 1.45 bits per heavy atom. The second-order valence-corrected chi connectivity index (χ2v) is 8.26. The monoisotopic (exact) mass is 294 g/mol. The minimum Gasteiger partial charge on any atom is -0.490 e. The van der Waals surface area contributed by atoms with Crippen molar-refractivity contribution >= 4 is 21.5 Å². The van der Waals surface area contributed by atoms with Gasteiger partial charge < -0.3 is 14.2 Å². The molecule has 0 spiro atoms. The summed E-state index contributed by atoms with van der Waals surface area (Å²) in [5.74, 6) is 0.814. The molecule has 2 aromatic rings. The lowest BCUT2D eigenvalue weighted by Crippen LogP contribution is -2.13. The summed E-state index contributed by atoms with van der Waals surface area (Å²) in [6, 6.07) is 1.94. The maximum atomic E-state index is 9.00. The van der Waals surface area contributed by atoms with Gasteiger partial charge in [-0.15, -0.1) is 10.5 Å². The fraction of sp³-hybridized carbons (Fsp3) is 0.467. The second-order valence-electron chi connectivity index (χ2n) is 5.45. The lowest BCUT2D eigenvalue weighted by molar-refractivity contribution is 0.198. The highest BCUT2D eigenvalue weighted by Crippen LogP contribution is 2.44. The molecule has 0 radical (unpaired) electrons. The van der Waals surface area contributed by atoms with Gasteiger partial charge in [0.15, 0.2) is 0 Å². The highest BCUT2D eigenvalue weighted by molar-refractivity contribution is 8.16. The molecule has 0 saturated heterocycles. The first kappa shape index (κ1) is 15.1. The van der Waals surface area contributed by atoms with Crippen LogP contribution in [0.15, 0.2) is 29.6 Å². The molecule has 2 aromatic heterocycles. The van der Waals surface area contributed by atoms with Crippen LogP contribution in [0.1, 0.15) is 27.7 Å². The van der Waals surface area contributed by atoms with Gasteiger partial charge in [0, 0.05) is 29.4 Å². The summed E-state index contributed by atoms with van der Waals surface area (Å²) in [5, 5.41) is 11.2. The van der Waals surface area contributed by atoms with Crippen molar-refractivity contribution in [2.75, 3.05) is 13.2 Å². The third-order valence-electron chi connectivity index (χ3n) is 2.94. The molecule has 1 unspecified atom stereocenters. The minimum atomic E-state index is -0.0476. The zero-order chi connectivity index (χ0) is 14.8. The third kappa shape index (κ3) is 3.04. The van der Waals surface area contributed by atoms with E-state index in [9.17, 15) is 0 Å². The number of hydrogen-bond acceptors (Lipinski definition) is 3. The van der Waals surface area contributed by atoms with E-state index in [0.717, 1.165) is 16.3 Å². The zero-order valence-electron chi connectivity index (χ0n) is 12.5. The summed E-state index contributed by atoms with van der Waals surface area (Å²) in [6.07, 6.45) is 5.80. The van der Waals surface area contributed by atoms with Crippen molar-refractivity contribution in [3.05, 3.63) is 24.7 Å². The summed E-state index contributed by atoms with van der Waals surface area (Å²) in [5.41, 5.74) is 0.857. The maximum absolute atomic E-state index is 9.00. The van der Waals surface area contributed by atoms with E-state index in [4.69, 9.17) is 9.84 Å². The number of pyridine rings is 1. The number of aliphatic hydroxyl groups excluding tert-OH is 1. The van der Waals surface area contributed by atoms with Crippen LogP contribution in [0.25, 0.3) is 5.65 Å². The van der Waals surface area contributed by atoms with Crippen molar-refractivity contribution in [1.29, 1.82) is 0 Å². The van der Waals surface area contributed by atoms with Gasteiger partial charge in [0.05, 0.1) is 11.5 Å². The van der Waals surface area contributed by atoms with Crippen LogP contribution in [0.3, 0.4) is 0 Å². The van der Waals surface area contributed by atoms with Gasteiger partial charge in [-0.3, -0.25) is 0 Å². The molecular formula is C15H22N2O2S. The van der Waals surface area contributed by atoms with Crippen molar-refractivity contribution in [2.45, 2.75) is 37.3 Å². The number of aliphatic hydroxyl groups is 1. The summed E-state index contributed by atoms with van der Waals surface area (Å²) in [6.45, 7) is 9.08. The van der Waals surface area contributed by atoms with Gasteiger partial charge >= 0.3 is 0 Å². The van der Waals surface area contributed by atoms with Crippen LogP contribution >= 0.6 is 10.5 Å². The van der Waals surface area contributed by atoms with E-state index in [2.05, 4.69) is 44.2 Å². The number of imidazole rings is 1. The third-order valence-corrected chi connectivity index (χ3v) is 5.51. The molecule has 4 nitrogen and oxygen atoms in total. The molecule has 2 heterocycles. The number of nitrogens with zero attached hydrogens (tertiary/aromatic N) is 2. The second kappa shape index (κ2) is 5.97. The van der Waals surface area contributed by atoms with E-state index in [1.165, 1.54) is 0 Å². The van der Waals surface area contributed by atoms with Gasteiger partial charge in [0.1, 0.15) is 18.0 Å². The Kier molecular flexibility index (Phi) is 4.50. The fourth-order valence-electron chi connectivity index (χ4n) is 2.17. The molecule has 0 fully saturated rings. The Balaban J connectivity index is 2.58. The Hall–Kier alpha value is -1.33. The molecular weight excluding hydrogens is 272 g/mol. The molecule has 1 atom stereocenters. The van der Waals surface area contributed by atoms with Crippen LogP contribution in [-0.2, 0) is 0 Å². The lowest BCUT2D eigenvalue weighted by atomic mass is 10.3. The molecule has 0 aromatic carbocycles. The van der Waals surface area contributed by atoms with Crippen molar-refractivity contribution in [3.63, 3.8) is 0 Å². The Labute approximate surface area is 122 Å². The molecule has 0 bridgehead atoms. The molecule has 1 N–H and O–H groups in total. The van der Waals surface area contributed by atoms with E-state index in [1.54, 1.807) is 6.20 Å². The number of fused-ring (bicyclic) bond motifs is 1. The Bertz CT molecular complexity index is 626. The standard InChI is InChI=1S/C15H22N2O2S/c1-5-20(15(2,3)4)13-11-17-7-6-16-14(17)10-12(13)19-9-8-18/h5-7,10-11,18H,8-9H2,1-4H3. The van der Waals surface area contributed by atoms with Gasteiger partial charge in [-0.1, -0.05) is 26.1 Å². The lowest BCUT2D eigenvalue weighted by Gasteiger charge is -2.26. The first-order valence-electron chi connectivity index (χ1n) is 6.70. The molecule has 2 rings (SSSR count). The quantitative estimate of drug-likeness (QED) is 0.882. The predicted molar refractivity (Wildman–Crippen MR) is 85.1 cm³/mol. The Morgan fingerprint density at radius 2 is 2.20 bits per heavy atom. The highest BCUT2D eigenvalue weighted by Gasteiger charge is 2.21. The van der Waals surface area contributed by atoms with E-state index >= 15 is 0 Å². The average molecular weight is 294 g/mol. The van der Waals surface area contributed by atoms with Gasteiger partial charge in [0.25, 0.3) is 0 Å². The summed E-state index contributed by atoms with van der Waals surface area (Å²) in [7, 11) is -0.0476. The van der Waals surface area contributed by atoms with Crippen molar-refractivity contribution in [1.82, 2.24) is 9.38 Å². The van der Waals surface area contributed by atoms with E-state index < -0.39 is 0 Å². The van der Waals surface area contributed by atoms with Crippen molar-refractivity contribution in [2.24, 2.45) is 0 Å². The molecule has 110 valence electrons. The molecule has 0 amide bonds. The number of ether oxygens (including phenoxy) is 1. The minimum absolute atomic E-state index is 0.0121. The van der Waals surface area contributed by atoms with E-state index in [0.29, 0.717) is 6.61 Å². The number of aromatic nitrogens is 2. The van der Waals surface area contributed by atoms with E-state index in [1.807, 2.05) is 16.7 Å². The number of rotatable bonds is 4. The Morgan fingerprint density at radius 3 is 2.80 bits per heavy atom. The molecule has 0 aliphatic heterocycles. The van der Waals surface area contributed by atoms with Crippen LogP contribution in [0.5, 0.6) is 5.75 Å². The molecule has 0 saturated carbocycles. The van der Waals surface area contributed by atoms with Crippen molar-refractivity contribution in [3.8, 4) is 5.75 Å². The van der Waals surface area contributed by atoms with Gasteiger partial charge in [-0.2, -0.15) is 0 Å². The van der Waals surface area contributed by atoms with Crippen molar-refractivity contribution < 1.29 is 9.84 Å². The van der Waals surface area contributed by atoms with Crippen LogP contribution in [0.4, 0.5) is 0 Å². The summed E-state index contributed by atoms with van der Waals surface area (Å²) in [4.78, 5) is 5.44. The maximum Gasteiger partial charge on any atom is 0.140 e. The molecule has 5 heteroatoms. The highest BCUT2D eigenvalue weighted by atomic mass is 32.2. The first-order valence-corrected chi connectivity index (χ1v) is 7.99. The zero-order valence-corrected chi connectivity index (χ0v) is 13.3. The fourth-order valence-corrected chi connectivity index (χ4v) is 4.35. The predicted octanol–water partition coefficient (Wildman–Crippen LogP) is 2.95. The van der Waals surface area contributed by atoms with E-state index in [-0.39, 0.29) is 21.8 Å². The first-order chi connectivity index (χ1) is 9.47. The molecule has 20 heavy (non-hydrogen) atoms. The number of hydrogen-bond donors (Lipinski definition) is 1. The average Bonchev–Trinajstić information content (AvgIpc) is 2.82. The molecule has 0 aliphatic carbocycles. The SMILES string of the molecule is C/C=S(/c1cn2ccnc2cc1OCCO)C(C)(C)C. The van der Waals surface area contributed by atoms with Gasteiger partial charge in [-0.25, -0.2) is 4.98 Å². The normalized spacial score (nSPS) is 13.8. The summed E-state index contributed by atoms with van der Waals surface area (Å²) < 4.78 is 7.86. The van der Waals surface area contributed by atoms with Crippen LogP contribution in [0, 0.1) is 0 Å². The van der Waals surface area contributed by atoms with Crippen LogP contribution in [0.2, 0.25) is 0 Å². The van der Waals surface area contributed by atoms with Gasteiger partial charge in [0.2, 0.25) is 0 Å².